The van der Waals surface area contributed by atoms with Crippen LogP contribution in [0, 0.1) is 0 Å². The Kier molecular flexibility index (Phi) is 4.65. The average Bonchev–Trinajstić information content (AvgIpc) is 3.09. The van der Waals surface area contributed by atoms with Crippen molar-refractivity contribution in [2.24, 2.45) is 0 Å². The van der Waals surface area contributed by atoms with Crippen molar-refractivity contribution < 1.29 is 4.79 Å². The first kappa shape index (κ1) is 17.7. The number of anilines is 1. The van der Waals surface area contributed by atoms with Gasteiger partial charge >= 0.3 is 0 Å². The summed E-state index contributed by atoms with van der Waals surface area (Å²) in [7, 11) is 2.14. The summed E-state index contributed by atoms with van der Waals surface area (Å²) in [5.41, 5.74) is 8.96. The van der Waals surface area contributed by atoms with Crippen LogP contribution in [0.1, 0.15) is 31.0 Å². The molecular formula is C19H25N7O. The minimum Gasteiger partial charge on any atom is -0.383 e. The molecule has 0 radical (unpaired) electrons. The Labute approximate surface area is 158 Å². The molecule has 27 heavy (non-hydrogen) atoms. The molecule has 2 aromatic heterocycles. The predicted octanol–water partition coefficient (Wildman–Crippen LogP) is 1.48. The minimum absolute atomic E-state index is 0.0464. The number of carbonyl (C=O) groups excluding carboxylic acids is 1. The molecule has 0 aliphatic carbocycles. The summed E-state index contributed by atoms with van der Waals surface area (Å²) in [5, 5.41) is 5.76. The standard InChI is InChI=1S/C19H25N7O/c1-3-15(27)25-10-4-13(5-11-25)17-16-18(20)21-12-22-19(16)26(23-17)14-6-8-24(2)9-7-14/h3-4,12,14H,1,5-11H2,2H3,(H2,20,21,22). The Morgan fingerprint density at radius 2 is 2.07 bits per heavy atom. The summed E-state index contributed by atoms with van der Waals surface area (Å²) >= 11 is 0. The number of piperidine rings is 1. The van der Waals surface area contributed by atoms with E-state index in [1.807, 2.05) is 4.68 Å². The number of nitrogens with zero attached hydrogens (tertiary/aromatic N) is 6. The third kappa shape index (κ3) is 3.21. The fraction of sp³-hybridized carbons (Fsp3) is 0.474. The zero-order valence-electron chi connectivity index (χ0n) is 15.6. The summed E-state index contributed by atoms with van der Waals surface area (Å²) in [4.78, 5) is 24.6. The zero-order valence-corrected chi connectivity index (χ0v) is 15.6. The quantitative estimate of drug-likeness (QED) is 0.826. The van der Waals surface area contributed by atoms with E-state index < -0.39 is 0 Å². The van der Waals surface area contributed by atoms with Crippen LogP contribution in [0.5, 0.6) is 0 Å². The van der Waals surface area contributed by atoms with Crippen LogP contribution >= 0.6 is 0 Å². The Morgan fingerprint density at radius 1 is 1.30 bits per heavy atom. The number of aromatic nitrogens is 4. The highest BCUT2D eigenvalue weighted by Gasteiger charge is 2.26. The fourth-order valence-corrected chi connectivity index (χ4v) is 3.93. The van der Waals surface area contributed by atoms with Crippen LogP contribution in [0.2, 0.25) is 0 Å². The molecule has 1 fully saturated rings. The first-order chi connectivity index (χ1) is 13.1. The first-order valence-corrected chi connectivity index (χ1v) is 9.36. The van der Waals surface area contributed by atoms with Crippen LogP contribution in [-0.2, 0) is 4.79 Å². The summed E-state index contributed by atoms with van der Waals surface area (Å²) < 4.78 is 2.04. The van der Waals surface area contributed by atoms with E-state index in [9.17, 15) is 4.79 Å². The van der Waals surface area contributed by atoms with Crippen LogP contribution in [0.3, 0.4) is 0 Å². The lowest BCUT2D eigenvalue weighted by Gasteiger charge is -2.29. The van der Waals surface area contributed by atoms with Gasteiger partial charge in [-0.05, 0) is 51.0 Å². The third-order valence-corrected chi connectivity index (χ3v) is 5.55. The van der Waals surface area contributed by atoms with Gasteiger partial charge in [0.25, 0.3) is 0 Å². The topological polar surface area (TPSA) is 93.2 Å². The van der Waals surface area contributed by atoms with Crippen molar-refractivity contribution in [3.8, 4) is 0 Å². The number of hydrogen-bond acceptors (Lipinski definition) is 6. The highest BCUT2D eigenvalue weighted by atomic mass is 16.2. The van der Waals surface area contributed by atoms with Crippen molar-refractivity contribution >= 4 is 28.3 Å². The van der Waals surface area contributed by atoms with Gasteiger partial charge in [-0.15, -0.1) is 0 Å². The summed E-state index contributed by atoms with van der Waals surface area (Å²) in [6.45, 7) is 6.85. The molecule has 2 aliphatic heterocycles. The van der Waals surface area contributed by atoms with Gasteiger partial charge in [0.1, 0.15) is 17.8 Å². The van der Waals surface area contributed by atoms with E-state index in [-0.39, 0.29) is 5.91 Å². The van der Waals surface area contributed by atoms with Gasteiger partial charge in [0.05, 0.1) is 11.4 Å². The lowest BCUT2D eigenvalue weighted by Crippen LogP contribution is -2.33. The monoisotopic (exact) mass is 367 g/mol. The molecule has 8 heteroatoms. The van der Waals surface area contributed by atoms with E-state index in [0.717, 1.165) is 54.7 Å². The molecule has 0 bridgehead atoms. The molecule has 0 unspecified atom stereocenters. The number of hydrogen-bond donors (Lipinski definition) is 1. The average molecular weight is 367 g/mol. The van der Waals surface area contributed by atoms with Gasteiger partial charge in [0.2, 0.25) is 5.91 Å². The van der Waals surface area contributed by atoms with Gasteiger partial charge < -0.3 is 15.5 Å². The Hall–Kier alpha value is -2.74. The maximum Gasteiger partial charge on any atom is 0.246 e. The summed E-state index contributed by atoms with van der Waals surface area (Å²) in [6.07, 6.45) is 7.73. The molecule has 0 aromatic carbocycles. The van der Waals surface area contributed by atoms with Crippen molar-refractivity contribution in [1.82, 2.24) is 29.5 Å². The van der Waals surface area contributed by atoms with Gasteiger partial charge in [0, 0.05) is 13.1 Å². The molecule has 4 rings (SSSR count). The van der Waals surface area contributed by atoms with Crippen LogP contribution < -0.4 is 5.73 Å². The Morgan fingerprint density at radius 3 is 2.74 bits per heavy atom. The molecular weight excluding hydrogens is 342 g/mol. The molecule has 0 spiro atoms. The van der Waals surface area contributed by atoms with E-state index in [1.54, 1.807) is 4.90 Å². The molecule has 0 saturated carbocycles. The van der Waals surface area contributed by atoms with E-state index >= 15 is 0 Å². The van der Waals surface area contributed by atoms with E-state index in [4.69, 9.17) is 10.8 Å². The fourth-order valence-electron chi connectivity index (χ4n) is 3.93. The van der Waals surface area contributed by atoms with Gasteiger partial charge in [-0.2, -0.15) is 5.10 Å². The maximum absolute atomic E-state index is 11.8. The van der Waals surface area contributed by atoms with Crippen molar-refractivity contribution in [2.75, 3.05) is 39.0 Å². The smallest absolute Gasteiger partial charge is 0.246 e. The van der Waals surface area contributed by atoms with Crippen molar-refractivity contribution in [2.45, 2.75) is 25.3 Å². The number of rotatable bonds is 3. The van der Waals surface area contributed by atoms with Crippen molar-refractivity contribution in [3.05, 3.63) is 30.8 Å². The minimum atomic E-state index is -0.0464. The molecule has 8 nitrogen and oxygen atoms in total. The van der Waals surface area contributed by atoms with E-state index in [1.165, 1.54) is 12.4 Å². The van der Waals surface area contributed by atoms with Crippen molar-refractivity contribution in [3.63, 3.8) is 0 Å². The summed E-state index contributed by atoms with van der Waals surface area (Å²) in [6, 6.07) is 0.315. The Bertz CT molecular complexity index is 908. The summed E-state index contributed by atoms with van der Waals surface area (Å²) in [5.74, 6) is 0.412. The van der Waals surface area contributed by atoms with E-state index in [2.05, 4.69) is 34.6 Å². The molecule has 1 amide bonds. The normalized spacial score (nSPS) is 19.3. The van der Waals surface area contributed by atoms with Gasteiger partial charge in [-0.25, -0.2) is 14.6 Å². The lowest BCUT2D eigenvalue weighted by atomic mass is 10.0. The highest BCUT2D eigenvalue weighted by molar-refractivity contribution is 5.96. The van der Waals surface area contributed by atoms with Crippen LogP contribution in [0.25, 0.3) is 16.6 Å². The predicted molar refractivity (Wildman–Crippen MR) is 105 cm³/mol. The van der Waals surface area contributed by atoms with Gasteiger partial charge in [0.15, 0.2) is 5.65 Å². The Balaban J connectivity index is 1.72. The van der Waals surface area contributed by atoms with Crippen molar-refractivity contribution in [1.29, 1.82) is 0 Å². The zero-order chi connectivity index (χ0) is 19.0. The molecule has 4 heterocycles. The largest absolute Gasteiger partial charge is 0.383 e. The van der Waals surface area contributed by atoms with Crippen LogP contribution in [0.15, 0.2) is 25.1 Å². The number of amides is 1. The highest BCUT2D eigenvalue weighted by Crippen LogP contribution is 2.33. The first-order valence-electron chi connectivity index (χ1n) is 9.36. The molecule has 2 N–H and O–H groups in total. The number of nitrogen functional groups attached to an aromatic ring is 1. The number of nitrogens with two attached hydrogens (primary N) is 1. The number of likely N-dealkylation sites (tertiary alicyclic amines) is 1. The van der Waals surface area contributed by atoms with Gasteiger partial charge in [-0.1, -0.05) is 12.7 Å². The van der Waals surface area contributed by atoms with E-state index in [0.29, 0.717) is 24.9 Å². The number of carbonyl (C=O) groups is 1. The lowest BCUT2D eigenvalue weighted by molar-refractivity contribution is -0.125. The number of fused-ring (bicyclic) bond motifs is 1. The second-order valence-electron chi connectivity index (χ2n) is 7.25. The second-order valence-corrected chi connectivity index (χ2v) is 7.25. The second kappa shape index (κ2) is 7.11. The SMILES string of the molecule is C=CC(=O)N1CC=C(c2nn(C3CCN(C)CC3)c3ncnc(N)c23)CC1. The molecule has 2 aliphatic rings. The molecule has 1 saturated heterocycles. The van der Waals surface area contributed by atoms with Crippen LogP contribution in [-0.4, -0.2) is 68.7 Å². The molecule has 142 valence electrons. The molecule has 0 atom stereocenters. The maximum atomic E-state index is 11.8. The third-order valence-electron chi connectivity index (χ3n) is 5.55. The van der Waals surface area contributed by atoms with Crippen LogP contribution in [0.4, 0.5) is 5.82 Å². The molecule has 2 aromatic rings. The van der Waals surface area contributed by atoms with Gasteiger partial charge in [-0.3, -0.25) is 4.79 Å².